The molecule has 1 heterocycles. The first-order chi connectivity index (χ1) is 11.7. The van der Waals surface area contributed by atoms with Gasteiger partial charge >= 0.3 is 6.09 Å². The third kappa shape index (κ3) is 4.01. The van der Waals surface area contributed by atoms with Gasteiger partial charge in [0.05, 0.1) is 6.04 Å². The summed E-state index contributed by atoms with van der Waals surface area (Å²) in [5.41, 5.74) is 1.93. The fourth-order valence-corrected chi connectivity index (χ4v) is 2.39. The predicted octanol–water partition coefficient (Wildman–Crippen LogP) is 2.49. The van der Waals surface area contributed by atoms with Gasteiger partial charge in [-0.05, 0) is 11.1 Å². The molecule has 0 bridgehead atoms. The second-order valence-electron chi connectivity index (χ2n) is 5.49. The van der Waals surface area contributed by atoms with E-state index in [1.165, 1.54) is 0 Å². The summed E-state index contributed by atoms with van der Waals surface area (Å²) in [6.07, 6.45) is 3.17. The highest BCUT2D eigenvalue weighted by Crippen LogP contribution is 2.11. The minimum Gasteiger partial charge on any atom is -0.445 e. The third-order valence-corrected chi connectivity index (χ3v) is 3.73. The van der Waals surface area contributed by atoms with Gasteiger partial charge in [-0.3, -0.25) is 4.79 Å². The Balaban J connectivity index is 1.50. The van der Waals surface area contributed by atoms with Crippen LogP contribution in [0.1, 0.15) is 11.1 Å². The molecule has 0 radical (unpaired) electrons. The highest BCUT2D eigenvalue weighted by atomic mass is 16.5. The largest absolute Gasteiger partial charge is 0.445 e. The van der Waals surface area contributed by atoms with Gasteiger partial charge in [-0.1, -0.05) is 72.8 Å². The molecule has 0 saturated carbocycles. The Morgan fingerprint density at radius 3 is 2.42 bits per heavy atom. The number of carbonyl (C=O) groups is 2. The SMILES string of the molecule is O=C(N[C@H]1C(=O)N[C@H]1/C=C/c1ccccc1)OCc1ccccc1. The molecule has 2 aromatic rings. The molecule has 2 atom stereocenters. The van der Waals surface area contributed by atoms with Gasteiger partial charge in [0.1, 0.15) is 12.6 Å². The Kier molecular flexibility index (Phi) is 4.91. The highest BCUT2D eigenvalue weighted by Gasteiger charge is 2.39. The molecule has 2 N–H and O–H groups in total. The minimum absolute atomic E-state index is 0.172. The third-order valence-electron chi connectivity index (χ3n) is 3.73. The van der Waals surface area contributed by atoms with E-state index in [0.29, 0.717) is 0 Å². The zero-order valence-corrected chi connectivity index (χ0v) is 13.0. The molecule has 0 unspecified atom stereocenters. The van der Waals surface area contributed by atoms with Crippen LogP contribution in [0.15, 0.2) is 66.7 Å². The molecule has 2 aromatic carbocycles. The number of amides is 2. The number of benzene rings is 2. The molecule has 5 heteroatoms. The van der Waals surface area contributed by atoms with E-state index in [0.717, 1.165) is 11.1 Å². The maximum atomic E-state index is 11.8. The number of carbonyl (C=O) groups excluding carboxylic acids is 2. The Morgan fingerprint density at radius 2 is 1.75 bits per heavy atom. The smallest absolute Gasteiger partial charge is 0.408 e. The van der Waals surface area contributed by atoms with Crippen LogP contribution in [0, 0.1) is 0 Å². The molecule has 5 nitrogen and oxygen atoms in total. The first-order valence-electron chi connectivity index (χ1n) is 7.73. The van der Waals surface area contributed by atoms with Crippen molar-refractivity contribution in [1.29, 1.82) is 0 Å². The number of β-lactam (4-membered cyclic amide) rings is 1. The zero-order valence-electron chi connectivity index (χ0n) is 13.0. The first-order valence-corrected chi connectivity index (χ1v) is 7.73. The van der Waals surface area contributed by atoms with Crippen LogP contribution >= 0.6 is 0 Å². The molecular formula is C19H18N2O3. The highest BCUT2D eigenvalue weighted by molar-refractivity contribution is 5.93. The number of hydrogen-bond acceptors (Lipinski definition) is 3. The molecule has 3 rings (SSSR count). The summed E-state index contributed by atoms with van der Waals surface area (Å²) >= 11 is 0. The van der Waals surface area contributed by atoms with Crippen LogP contribution in [-0.2, 0) is 16.1 Å². The molecule has 0 aromatic heterocycles. The van der Waals surface area contributed by atoms with E-state index in [9.17, 15) is 9.59 Å². The fourth-order valence-electron chi connectivity index (χ4n) is 2.39. The lowest BCUT2D eigenvalue weighted by Gasteiger charge is -2.34. The van der Waals surface area contributed by atoms with Gasteiger partial charge < -0.3 is 15.4 Å². The Labute approximate surface area is 140 Å². The average molecular weight is 322 g/mol. The van der Waals surface area contributed by atoms with Crippen molar-refractivity contribution in [2.24, 2.45) is 0 Å². The van der Waals surface area contributed by atoms with Crippen molar-refractivity contribution >= 4 is 18.1 Å². The molecular weight excluding hydrogens is 304 g/mol. The van der Waals surface area contributed by atoms with Crippen molar-refractivity contribution in [1.82, 2.24) is 10.6 Å². The van der Waals surface area contributed by atoms with E-state index >= 15 is 0 Å². The van der Waals surface area contributed by atoms with Crippen LogP contribution in [0.2, 0.25) is 0 Å². The van der Waals surface area contributed by atoms with Gasteiger partial charge in [0.25, 0.3) is 0 Å². The monoisotopic (exact) mass is 322 g/mol. The van der Waals surface area contributed by atoms with Crippen molar-refractivity contribution < 1.29 is 14.3 Å². The molecule has 0 aliphatic carbocycles. The van der Waals surface area contributed by atoms with Crippen LogP contribution in [-0.4, -0.2) is 24.1 Å². The van der Waals surface area contributed by atoms with Gasteiger partial charge in [0.15, 0.2) is 0 Å². The normalized spacial score (nSPS) is 19.4. The van der Waals surface area contributed by atoms with E-state index in [4.69, 9.17) is 4.74 Å². The molecule has 0 spiro atoms. The lowest BCUT2D eigenvalue weighted by Crippen LogP contribution is -2.68. The van der Waals surface area contributed by atoms with Crippen molar-refractivity contribution in [2.45, 2.75) is 18.7 Å². The quantitative estimate of drug-likeness (QED) is 0.831. The second kappa shape index (κ2) is 7.46. The zero-order chi connectivity index (χ0) is 16.8. The van der Waals surface area contributed by atoms with Crippen molar-refractivity contribution in [2.75, 3.05) is 0 Å². The Bertz CT molecular complexity index is 729. The summed E-state index contributed by atoms with van der Waals surface area (Å²) in [4.78, 5) is 23.5. The summed E-state index contributed by atoms with van der Waals surface area (Å²) in [6.45, 7) is 0.172. The van der Waals surface area contributed by atoms with Crippen molar-refractivity contribution in [3.05, 3.63) is 77.9 Å². The molecule has 24 heavy (non-hydrogen) atoms. The van der Waals surface area contributed by atoms with Crippen LogP contribution < -0.4 is 10.6 Å². The van der Waals surface area contributed by atoms with Crippen molar-refractivity contribution in [3.8, 4) is 0 Å². The summed E-state index contributed by atoms with van der Waals surface area (Å²) in [5, 5.41) is 5.34. The summed E-state index contributed by atoms with van der Waals surface area (Å²) < 4.78 is 5.14. The van der Waals surface area contributed by atoms with Gasteiger partial charge in [0, 0.05) is 0 Å². The van der Waals surface area contributed by atoms with Crippen LogP contribution in [0.3, 0.4) is 0 Å². The maximum absolute atomic E-state index is 11.8. The van der Waals surface area contributed by atoms with Gasteiger partial charge in [-0.25, -0.2) is 4.79 Å². The second-order valence-corrected chi connectivity index (χ2v) is 5.49. The van der Waals surface area contributed by atoms with Crippen molar-refractivity contribution in [3.63, 3.8) is 0 Å². The van der Waals surface area contributed by atoms with Crippen LogP contribution in [0.5, 0.6) is 0 Å². The van der Waals surface area contributed by atoms with Gasteiger partial charge in [-0.2, -0.15) is 0 Å². The number of alkyl carbamates (subject to hydrolysis) is 1. The molecule has 2 amide bonds. The minimum atomic E-state index is -0.603. The van der Waals surface area contributed by atoms with Crippen LogP contribution in [0.4, 0.5) is 4.79 Å². The average Bonchev–Trinajstić information content (AvgIpc) is 2.63. The molecule has 1 fully saturated rings. The maximum Gasteiger partial charge on any atom is 0.408 e. The first kappa shape index (κ1) is 15.8. The van der Waals surface area contributed by atoms with Gasteiger partial charge in [-0.15, -0.1) is 0 Å². The lowest BCUT2D eigenvalue weighted by molar-refractivity contribution is -0.130. The Morgan fingerprint density at radius 1 is 1.08 bits per heavy atom. The summed E-state index contributed by atoms with van der Waals surface area (Å²) in [7, 11) is 0. The standard InChI is InChI=1S/C19H18N2O3/c22-18-17(16(20-18)12-11-14-7-3-1-4-8-14)21-19(23)24-13-15-9-5-2-6-10-15/h1-12,16-17H,13H2,(H,20,22)(H,21,23)/b12-11+/t16-,17+/m0/s1. The summed E-state index contributed by atoms with van der Waals surface area (Å²) in [5.74, 6) is -0.214. The number of rotatable bonds is 5. The number of ether oxygens (including phenoxy) is 1. The van der Waals surface area contributed by atoms with E-state index < -0.39 is 12.1 Å². The lowest BCUT2D eigenvalue weighted by atomic mass is 9.98. The molecule has 122 valence electrons. The molecule has 1 aliphatic heterocycles. The Hall–Kier alpha value is -3.08. The van der Waals surface area contributed by atoms with E-state index in [1.807, 2.05) is 72.8 Å². The van der Waals surface area contributed by atoms with Gasteiger partial charge in [0.2, 0.25) is 5.91 Å². The van der Waals surface area contributed by atoms with Crippen LogP contribution in [0.25, 0.3) is 6.08 Å². The summed E-state index contributed by atoms with van der Waals surface area (Å²) in [6, 6.07) is 18.3. The van der Waals surface area contributed by atoms with E-state index in [2.05, 4.69) is 10.6 Å². The number of nitrogens with one attached hydrogen (secondary N) is 2. The van der Waals surface area contributed by atoms with E-state index in [-0.39, 0.29) is 18.6 Å². The topological polar surface area (TPSA) is 67.4 Å². The van der Waals surface area contributed by atoms with E-state index in [1.54, 1.807) is 0 Å². The molecule has 1 saturated heterocycles. The number of hydrogen-bond donors (Lipinski definition) is 2. The predicted molar refractivity (Wildman–Crippen MR) is 91.0 cm³/mol. The fraction of sp³-hybridized carbons (Fsp3) is 0.158. The molecule has 1 aliphatic rings.